The second-order valence-electron chi connectivity index (χ2n) is 8.16. The van der Waals surface area contributed by atoms with Crippen molar-refractivity contribution >= 4 is 33.3 Å². The maximum atomic E-state index is 13.8. The molecule has 0 aliphatic carbocycles. The molecule has 0 radical (unpaired) electrons. The van der Waals surface area contributed by atoms with E-state index in [0.717, 1.165) is 23.8 Å². The van der Waals surface area contributed by atoms with Crippen LogP contribution in [0.2, 0.25) is 5.02 Å². The van der Waals surface area contributed by atoms with Gasteiger partial charge >= 0.3 is 5.97 Å². The minimum absolute atomic E-state index is 0.0604. The van der Waals surface area contributed by atoms with E-state index in [2.05, 4.69) is 4.72 Å². The Bertz CT molecular complexity index is 1240. The number of carbonyl (C=O) groups is 1. The van der Waals surface area contributed by atoms with Crippen LogP contribution in [0, 0.1) is 5.82 Å². The fraction of sp³-hybridized carbons (Fsp3) is 0.208. The first kappa shape index (κ1) is 24.5. The fourth-order valence-corrected chi connectivity index (χ4v) is 4.34. The lowest BCUT2D eigenvalue weighted by molar-refractivity contribution is -0.157. The van der Waals surface area contributed by atoms with Gasteiger partial charge in [0.05, 0.1) is 10.6 Å². The van der Waals surface area contributed by atoms with Crippen LogP contribution in [0.3, 0.4) is 0 Å². The molecule has 0 unspecified atom stereocenters. The SMILES string of the molecule is CC(C)(C)OC(=O)COc1ccc(-c2ccccc2)cc1NS(=O)(=O)c1cc(F)cc(Cl)c1. The van der Waals surface area contributed by atoms with Crippen LogP contribution in [0.5, 0.6) is 5.75 Å². The summed E-state index contributed by atoms with van der Waals surface area (Å²) in [5.41, 5.74) is 0.916. The summed E-state index contributed by atoms with van der Waals surface area (Å²) in [5, 5.41) is -0.0604. The molecular formula is C24H23ClFNO5S. The fourth-order valence-electron chi connectivity index (χ4n) is 2.94. The highest BCUT2D eigenvalue weighted by atomic mass is 35.5. The maximum absolute atomic E-state index is 13.8. The molecule has 0 fully saturated rings. The van der Waals surface area contributed by atoms with E-state index in [1.807, 2.05) is 30.3 Å². The van der Waals surface area contributed by atoms with Crippen LogP contribution in [0.4, 0.5) is 10.1 Å². The Labute approximate surface area is 197 Å². The second-order valence-corrected chi connectivity index (χ2v) is 10.3. The first-order chi connectivity index (χ1) is 15.4. The summed E-state index contributed by atoms with van der Waals surface area (Å²) in [5.74, 6) is -1.30. The molecule has 3 aromatic carbocycles. The molecule has 33 heavy (non-hydrogen) atoms. The molecule has 0 saturated carbocycles. The largest absolute Gasteiger partial charge is 0.480 e. The predicted octanol–water partition coefficient (Wildman–Crippen LogP) is 5.67. The van der Waals surface area contributed by atoms with E-state index in [-0.39, 0.29) is 21.4 Å². The minimum atomic E-state index is -4.22. The first-order valence-corrected chi connectivity index (χ1v) is 11.8. The minimum Gasteiger partial charge on any atom is -0.480 e. The van der Waals surface area contributed by atoms with E-state index in [1.165, 1.54) is 0 Å². The smallest absolute Gasteiger partial charge is 0.344 e. The number of anilines is 1. The zero-order valence-electron chi connectivity index (χ0n) is 18.3. The Morgan fingerprint density at radius 2 is 1.70 bits per heavy atom. The molecule has 3 aromatic rings. The van der Waals surface area contributed by atoms with Crippen LogP contribution < -0.4 is 9.46 Å². The number of sulfonamides is 1. The maximum Gasteiger partial charge on any atom is 0.344 e. The van der Waals surface area contributed by atoms with E-state index >= 15 is 0 Å². The van der Waals surface area contributed by atoms with Gasteiger partial charge in [-0.2, -0.15) is 0 Å². The third-order valence-corrected chi connectivity index (χ3v) is 5.81. The van der Waals surface area contributed by atoms with E-state index in [0.29, 0.717) is 5.56 Å². The number of benzene rings is 3. The van der Waals surface area contributed by atoms with E-state index in [1.54, 1.807) is 39.0 Å². The average molecular weight is 492 g/mol. The number of halogens is 2. The number of hydrogen-bond acceptors (Lipinski definition) is 5. The summed E-state index contributed by atoms with van der Waals surface area (Å²) in [6.45, 7) is 4.75. The second kappa shape index (κ2) is 9.80. The van der Waals surface area contributed by atoms with Crippen LogP contribution in [-0.2, 0) is 19.6 Å². The topological polar surface area (TPSA) is 81.7 Å². The van der Waals surface area contributed by atoms with Gasteiger partial charge in [0.15, 0.2) is 6.61 Å². The summed E-state index contributed by atoms with van der Waals surface area (Å²) in [6, 6.07) is 17.1. The number of nitrogens with one attached hydrogen (secondary N) is 1. The van der Waals surface area contributed by atoms with Crippen LogP contribution in [0.25, 0.3) is 11.1 Å². The molecule has 0 atom stereocenters. The molecule has 0 amide bonds. The summed E-state index contributed by atoms with van der Waals surface area (Å²) < 4.78 is 52.9. The zero-order valence-corrected chi connectivity index (χ0v) is 19.8. The first-order valence-electron chi connectivity index (χ1n) is 9.96. The standard InChI is InChI=1S/C24H23ClFNO5S/c1-24(2,3)32-23(28)15-31-22-10-9-17(16-7-5-4-6-8-16)11-21(22)27-33(29,30)20-13-18(25)12-19(26)14-20/h4-14,27H,15H2,1-3H3. The lowest BCUT2D eigenvalue weighted by Crippen LogP contribution is -2.27. The molecule has 0 bridgehead atoms. The summed E-state index contributed by atoms with van der Waals surface area (Å²) in [4.78, 5) is 11.7. The number of esters is 1. The molecule has 0 spiro atoms. The van der Waals surface area contributed by atoms with Crippen molar-refractivity contribution in [2.24, 2.45) is 0 Å². The normalized spacial score (nSPS) is 11.7. The number of rotatable bonds is 7. The van der Waals surface area contributed by atoms with Crippen molar-refractivity contribution in [1.82, 2.24) is 0 Å². The van der Waals surface area contributed by atoms with Gasteiger partial charge in [0.2, 0.25) is 0 Å². The van der Waals surface area contributed by atoms with Gasteiger partial charge in [0.25, 0.3) is 10.0 Å². The molecular weight excluding hydrogens is 469 g/mol. The monoisotopic (exact) mass is 491 g/mol. The molecule has 1 N–H and O–H groups in total. The molecule has 0 aromatic heterocycles. The molecule has 0 aliphatic heterocycles. The van der Waals surface area contributed by atoms with Gasteiger partial charge in [-0.3, -0.25) is 4.72 Å². The molecule has 0 saturated heterocycles. The Morgan fingerprint density at radius 3 is 2.33 bits per heavy atom. The van der Waals surface area contributed by atoms with Crippen molar-refractivity contribution < 1.29 is 27.1 Å². The number of ether oxygens (including phenoxy) is 2. The lowest BCUT2D eigenvalue weighted by atomic mass is 10.1. The third kappa shape index (κ3) is 6.94. The van der Waals surface area contributed by atoms with E-state index in [4.69, 9.17) is 21.1 Å². The van der Waals surface area contributed by atoms with Gasteiger partial charge in [-0.05, 0) is 62.2 Å². The van der Waals surface area contributed by atoms with Gasteiger partial charge in [-0.25, -0.2) is 17.6 Å². The van der Waals surface area contributed by atoms with Crippen LogP contribution in [0.15, 0.2) is 71.6 Å². The van der Waals surface area contributed by atoms with Crippen molar-refractivity contribution in [3.63, 3.8) is 0 Å². The molecule has 0 heterocycles. The number of hydrogen-bond donors (Lipinski definition) is 1. The van der Waals surface area contributed by atoms with Crippen LogP contribution >= 0.6 is 11.6 Å². The highest BCUT2D eigenvalue weighted by Gasteiger charge is 2.21. The summed E-state index contributed by atoms with van der Waals surface area (Å²) in [7, 11) is -4.22. The Hall–Kier alpha value is -3.10. The summed E-state index contributed by atoms with van der Waals surface area (Å²) >= 11 is 5.82. The van der Waals surface area contributed by atoms with Crippen molar-refractivity contribution in [2.45, 2.75) is 31.3 Å². The average Bonchev–Trinajstić information content (AvgIpc) is 2.71. The van der Waals surface area contributed by atoms with E-state index in [9.17, 15) is 17.6 Å². The highest BCUT2D eigenvalue weighted by Crippen LogP contribution is 2.33. The Morgan fingerprint density at radius 1 is 1.00 bits per heavy atom. The van der Waals surface area contributed by atoms with Gasteiger partial charge in [0, 0.05) is 5.02 Å². The van der Waals surface area contributed by atoms with E-state index < -0.39 is 34.0 Å². The third-order valence-electron chi connectivity index (χ3n) is 4.24. The molecule has 174 valence electrons. The predicted molar refractivity (Wildman–Crippen MR) is 125 cm³/mol. The number of carbonyl (C=O) groups excluding carboxylic acids is 1. The van der Waals surface area contributed by atoms with Gasteiger partial charge < -0.3 is 9.47 Å². The highest BCUT2D eigenvalue weighted by molar-refractivity contribution is 7.92. The molecule has 0 aliphatic rings. The Balaban J connectivity index is 1.96. The molecule has 9 heteroatoms. The van der Waals surface area contributed by atoms with Gasteiger partial charge in [-0.15, -0.1) is 0 Å². The van der Waals surface area contributed by atoms with Crippen LogP contribution in [-0.4, -0.2) is 26.6 Å². The van der Waals surface area contributed by atoms with Gasteiger partial charge in [-0.1, -0.05) is 48.0 Å². The lowest BCUT2D eigenvalue weighted by Gasteiger charge is -2.20. The molecule has 3 rings (SSSR count). The van der Waals surface area contributed by atoms with Crippen LogP contribution in [0.1, 0.15) is 20.8 Å². The zero-order chi connectivity index (χ0) is 24.2. The quantitative estimate of drug-likeness (QED) is 0.431. The molecule has 6 nitrogen and oxygen atoms in total. The van der Waals surface area contributed by atoms with Crippen molar-refractivity contribution in [2.75, 3.05) is 11.3 Å². The van der Waals surface area contributed by atoms with Crippen molar-refractivity contribution in [3.05, 3.63) is 77.6 Å². The summed E-state index contributed by atoms with van der Waals surface area (Å²) in [6.07, 6.45) is 0. The van der Waals surface area contributed by atoms with Crippen molar-refractivity contribution in [3.8, 4) is 16.9 Å². The van der Waals surface area contributed by atoms with Gasteiger partial charge in [0.1, 0.15) is 17.2 Å². The Kier molecular flexibility index (Phi) is 7.29. The van der Waals surface area contributed by atoms with Crippen molar-refractivity contribution in [1.29, 1.82) is 0 Å².